The first-order valence-corrected chi connectivity index (χ1v) is 19.3. The van der Waals surface area contributed by atoms with Gasteiger partial charge >= 0.3 is 25.7 Å². The van der Waals surface area contributed by atoms with Crippen molar-refractivity contribution in [2.75, 3.05) is 26.0 Å². The van der Waals surface area contributed by atoms with Crippen LogP contribution in [0.25, 0.3) is 5.52 Å². The Kier molecular flexibility index (Phi) is 13.3. The number of hydrogen-bond donors (Lipinski definition) is 2. The molecule has 3 N–H and O–H groups in total. The maximum Gasteiger partial charge on any atom is 0.459 e. The highest BCUT2D eigenvalue weighted by atomic mass is 31.2. The summed E-state index contributed by atoms with van der Waals surface area (Å²) in [6.45, 7) is 15.8. The van der Waals surface area contributed by atoms with Crippen LogP contribution in [0.15, 0.2) is 47.7 Å². The Hall–Kier alpha value is -4.37. The van der Waals surface area contributed by atoms with E-state index in [2.05, 4.69) is 61.7 Å². The maximum absolute atomic E-state index is 14.7. The van der Waals surface area contributed by atoms with E-state index in [1.165, 1.54) is 44.9 Å². The van der Waals surface area contributed by atoms with E-state index in [0.717, 1.165) is 12.0 Å². The van der Waals surface area contributed by atoms with Crippen molar-refractivity contribution in [3.05, 3.63) is 54.0 Å². The van der Waals surface area contributed by atoms with E-state index in [-0.39, 0.29) is 29.0 Å². The first-order valence-electron chi connectivity index (χ1n) is 17.8. The second kappa shape index (κ2) is 17.0. The van der Waals surface area contributed by atoms with E-state index in [1.54, 1.807) is 24.3 Å². The first-order chi connectivity index (χ1) is 25.2. The van der Waals surface area contributed by atoms with Crippen molar-refractivity contribution in [1.82, 2.24) is 19.7 Å². The van der Waals surface area contributed by atoms with E-state index in [1.807, 2.05) is 12.1 Å². The summed E-state index contributed by atoms with van der Waals surface area (Å²) >= 11 is 0. The molecule has 0 radical (unpaired) electrons. The molecule has 0 spiro atoms. The average Bonchev–Trinajstić information content (AvgIpc) is 3.64. The summed E-state index contributed by atoms with van der Waals surface area (Å²) in [5, 5.41) is 7.03. The number of esters is 3. The zero-order valence-electron chi connectivity index (χ0n) is 32.7. The summed E-state index contributed by atoms with van der Waals surface area (Å²) in [4.78, 5) is 46.5. The third kappa shape index (κ3) is 10.0. The third-order valence-electron chi connectivity index (χ3n) is 9.27. The molecular formula is C37H53N6O10P. The lowest BCUT2D eigenvalue weighted by molar-refractivity contribution is -0.165. The van der Waals surface area contributed by atoms with Gasteiger partial charge in [-0.15, -0.1) is 0 Å². The molecule has 1 unspecified atom stereocenters. The molecule has 0 aliphatic carbocycles. The van der Waals surface area contributed by atoms with Crippen molar-refractivity contribution in [2.24, 2.45) is 10.4 Å². The van der Waals surface area contributed by atoms with E-state index in [4.69, 9.17) is 33.7 Å². The number of nitrogens with zero attached hydrogens (tertiary/aromatic N) is 4. The SMILES string of the molecule is CCC(C)(C)CCOC(=O)[C@H](C)NP(=O)(OC[C@H]1O[C@@](C=NC)(c2ccc3c(N)ncnn23)[C@H](OC(C)=O)[C@@H]1OC(C)=O)Oc1ccc(C(C)(C)C)cc1. The molecule has 16 nitrogen and oxygen atoms in total. The summed E-state index contributed by atoms with van der Waals surface area (Å²) in [5.41, 5.74) is 5.92. The smallest absolute Gasteiger partial charge is 0.459 e. The Morgan fingerprint density at radius 3 is 2.35 bits per heavy atom. The fraction of sp³-hybridized carbons (Fsp3) is 0.568. The quantitative estimate of drug-likeness (QED) is 0.0819. The summed E-state index contributed by atoms with van der Waals surface area (Å²) in [6.07, 6.45) is 0.245. The first kappa shape index (κ1) is 42.4. The number of anilines is 1. The number of carbonyl (C=O) groups is 3. The van der Waals surface area contributed by atoms with Crippen LogP contribution >= 0.6 is 7.75 Å². The second-order valence-corrected chi connectivity index (χ2v) is 16.7. The molecular weight excluding hydrogens is 719 g/mol. The van der Waals surface area contributed by atoms with Gasteiger partial charge in [0, 0.05) is 27.1 Å². The predicted octanol–water partition coefficient (Wildman–Crippen LogP) is 5.32. The molecule has 3 aromatic rings. The molecule has 1 saturated heterocycles. The van der Waals surface area contributed by atoms with Crippen LogP contribution in [0.4, 0.5) is 5.82 Å². The Morgan fingerprint density at radius 1 is 1.09 bits per heavy atom. The number of benzene rings is 1. The van der Waals surface area contributed by atoms with E-state index < -0.39 is 62.2 Å². The number of aromatic nitrogens is 3. The van der Waals surface area contributed by atoms with Crippen LogP contribution in [0, 0.1) is 5.41 Å². The highest BCUT2D eigenvalue weighted by molar-refractivity contribution is 7.52. The van der Waals surface area contributed by atoms with Crippen LogP contribution in [-0.2, 0) is 53.4 Å². The van der Waals surface area contributed by atoms with Crippen molar-refractivity contribution in [2.45, 2.75) is 111 Å². The highest BCUT2D eigenvalue weighted by Gasteiger charge is 2.61. The lowest BCUT2D eigenvalue weighted by Crippen LogP contribution is -2.47. The number of carbonyl (C=O) groups excluding carboxylic acids is 3. The number of fused-ring (bicyclic) bond motifs is 1. The fourth-order valence-electron chi connectivity index (χ4n) is 5.87. The summed E-state index contributed by atoms with van der Waals surface area (Å²) in [6, 6.07) is 9.11. The summed E-state index contributed by atoms with van der Waals surface area (Å²) in [5.74, 6) is -1.74. The molecule has 1 aliphatic heterocycles. The van der Waals surface area contributed by atoms with Gasteiger partial charge in [0.05, 0.1) is 18.9 Å². The predicted molar refractivity (Wildman–Crippen MR) is 201 cm³/mol. The van der Waals surface area contributed by atoms with Gasteiger partial charge in [-0.2, -0.15) is 10.2 Å². The zero-order chi connectivity index (χ0) is 40.1. The molecule has 4 rings (SSSR count). The van der Waals surface area contributed by atoms with Gasteiger partial charge in [0.25, 0.3) is 0 Å². The van der Waals surface area contributed by atoms with Gasteiger partial charge in [-0.25, -0.2) is 14.1 Å². The highest BCUT2D eigenvalue weighted by Crippen LogP contribution is 2.48. The number of nitrogens with one attached hydrogen (secondary N) is 1. The largest absolute Gasteiger partial charge is 0.465 e. The minimum absolute atomic E-state index is 0.0359. The van der Waals surface area contributed by atoms with Crippen LogP contribution in [0.2, 0.25) is 0 Å². The number of nitrogens with two attached hydrogens (primary N) is 1. The minimum atomic E-state index is -4.46. The molecule has 6 atom stereocenters. The van der Waals surface area contributed by atoms with Crippen LogP contribution in [0.3, 0.4) is 0 Å². The molecule has 296 valence electrons. The van der Waals surface area contributed by atoms with E-state index >= 15 is 0 Å². The number of hydrogen-bond acceptors (Lipinski definition) is 14. The van der Waals surface area contributed by atoms with Crippen molar-refractivity contribution in [1.29, 1.82) is 0 Å². The number of ether oxygens (including phenoxy) is 4. The molecule has 3 heterocycles. The van der Waals surface area contributed by atoms with Crippen LogP contribution in [0.1, 0.15) is 86.4 Å². The van der Waals surface area contributed by atoms with Crippen LogP contribution in [0.5, 0.6) is 5.75 Å². The lowest BCUT2D eigenvalue weighted by atomic mass is 9.87. The maximum atomic E-state index is 14.7. The Labute approximate surface area is 316 Å². The van der Waals surface area contributed by atoms with Gasteiger partial charge in [0.15, 0.2) is 23.6 Å². The molecule has 0 bridgehead atoms. The van der Waals surface area contributed by atoms with Crippen molar-refractivity contribution in [3.8, 4) is 5.75 Å². The fourth-order valence-corrected chi connectivity index (χ4v) is 7.37. The molecule has 54 heavy (non-hydrogen) atoms. The second-order valence-electron chi connectivity index (χ2n) is 15.0. The molecule has 0 saturated carbocycles. The van der Waals surface area contributed by atoms with Gasteiger partial charge in [-0.3, -0.25) is 23.9 Å². The number of nitrogen functional groups attached to an aromatic ring is 1. The molecule has 1 aromatic carbocycles. The Morgan fingerprint density at radius 2 is 1.76 bits per heavy atom. The topological polar surface area (TPSA) is 204 Å². The minimum Gasteiger partial charge on any atom is -0.465 e. The normalized spacial score (nSPS) is 22.1. The number of rotatable bonds is 16. The van der Waals surface area contributed by atoms with Gasteiger partial charge in [-0.1, -0.05) is 60.1 Å². The van der Waals surface area contributed by atoms with Crippen molar-refractivity contribution < 1.29 is 46.9 Å². The monoisotopic (exact) mass is 772 g/mol. The Balaban J connectivity index is 1.71. The summed E-state index contributed by atoms with van der Waals surface area (Å²) in [7, 11) is -2.97. The van der Waals surface area contributed by atoms with Gasteiger partial charge in [0.1, 0.15) is 29.7 Å². The number of aliphatic imine (C=N–C) groups is 1. The molecule has 1 aliphatic rings. The molecule has 17 heteroatoms. The molecule has 2 aromatic heterocycles. The lowest BCUT2D eigenvalue weighted by Gasteiger charge is -2.30. The zero-order valence-corrected chi connectivity index (χ0v) is 33.5. The van der Waals surface area contributed by atoms with Crippen LogP contribution < -0.4 is 15.3 Å². The summed E-state index contributed by atoms with van der Waals surface area (Å²) < 4.78 is 51.8. The average molecular weight is 773 g/mol. The van der Waals surface area contributed by atoms with E-state index in [9.17, 15) is 18.9 Å². The molecule has 1 fully saturated rings. The van der Waals surface area contributed by atoms with Crippen molar-refractivity contribution >= 4 is 43.2 Å². The van der Waals surface area contributed by atoms with Crippen molar-refractivity contribution in [3.63, 3.8) is 0 Å². The van der Waals surface area contributed by atoms with Gasteiger partial charge in [-0.05, 0) is 54.0 Å². The standard InChI is InChI=1S/C37H53N6O10P/c1-11-36(8,9)18-19-48-34(46)23(2)42-54(47,53-27-14-12-26(13-15-27)35(5,6)7)49-20-29-31(50-24(3)44)32(51-25(4)45)37(52-29,21-39-10)30-17-16-28-33(38)40-22-41-43(28)30/h12-17,21-23,29,31-32H,11,18-20H2,1-10H3,(H,42,47)(H2,38,40,41)/t23-,29+,31+,32+,37-,54?/m0/s1. The van der Waals surface area contributed by atoms with E-state index in [0.29, 0.717) is 17.6 Å². The van der Waals surface area contributed by atoms with Crippen LogP contribution in [-0.4, -0.2) is 83.3 Å². The van der Waals surface area contributed by atoms with Gasteiger partial charge in [0.2, 0.25) is 0 Å². The van der Waals surface area contributed by atoms with Gasteiger partial charge < -0.3 is 29.2 Å². The third-order valence-corrected chi connectivity index (χ3v) is 10.9. The Bertz CT molecular complexity index is 1870. The molecule has 0 amide bonds.